The Kier molecular flexibility index (Phi) is 5.41. The maximum absolute atomic E-state index is 8.69. The molecule has 2 rings (SSSR count). The van der Waals surface area contributed by atoms with E-state index in [0.717, 1.165) is 17.8 Å². The van der Waals surface area contributed by atoms with Gasteiger partial charge in [0.1, 0.15) is 5.76 Å². The maximum atomic E-state index is 8.69. The number of allylic oxidation sites excluding steroid dienone is 2. The maximum Gasteiger partial charge on any atom is 0.142 e. The van der Waals surface area contributed by atoms with Gasteiger partial charge in [-0.25, -0.2) is 5.26 Å². The molecule has 0 saturated heterocycles. The monoisotopic (exact) mass is 283 g/mol. The SMILES string of the molecule is C/C=C(/Cc1ccc(NCc2cccc(C)c2)cc1)OO. The number of anilines is 1. The fourth-order valence-corrected chi connectivity index (χ4v) is 2.15. The van der Waals surface area contributed by atoms with Crippen LogP contribution >= 0.6 is 0 Å². The molecule has 3 nitrogen and oxygen atoms in total. The van der Waals surface area contributed by atoms with Crippen LogP contribution in [0.5, 0.6) is 0 Å². The molecular weight excluding hydrogens is 262 g/mol. The highest BCUT2D eigenvalue weighted by Crippen LogP contribution is 2.14. The van der Waals surface area contributed by atoms with Crippen molar-refractivity contribution in [2.24, 2.45) is 0 Å². The van der Waals surface area contributed by atoms with E-state index in [4.69, 9.17) is 5.26 Å². The summed E-state index contributed by atoms with van der Waals surface area (Å²) in [5.74, 6) is 0.551. The second-order valence-corrected chi connectivity index (χ2v) is 5.06. The van der Waals surface area contributed by atoms with Crippen LogP contribution in [0.15, 0.2) is 60.4 Å². The van der Waals surface area contributed by atoms with Crippen molar-refractivity contribution in [1.29, 1.82) is 0 Å². The molecule has 3 heteroatoms. The minimum atomic E-state index is 0.551. The smallest absolute Gasteiger partial charge is 0.142 e. The molecule has 0 atom stereocenters. The molecule has 2 aromatic carbocycles. The lowest BCUT2D eigenvalue weighted by Crippen LogP contribution is -2.00. The first-order valence-electron chi connectivity index (χ1n) is 7.06. The minimum Gasteiger partial charge on any atom is -0.381 e. The molecule has 0 aliphatic heterocycles. The summed E-state index contributed by atoms with van der Waals surface area (Å²) >= 11 is 0. The van der Waals surface area contributed by atoms with E-state index >= 15 is 0 Å². The van der Waals surface area contributed by atoms with Gasteiger partial charge < -0.3 is 10.2 Å². The summed E-state index contributed by atoms with van der Waals surface area (Å²) in [7, 11) is 0. The molecule has 0 fully saturated rings. The summed E-state index contributed by atoms with van der Waals surface area (Å²) in [5, 5.41) is 12.1. The van der Waals surface area contributed by atoms with Crippen molar-refractivity contribution < 1.29 is 10.1 Å². The highest BCUT2D eigenvalue weighted by molar-refractivity contribution is 5.45. The van der Waals surface area contributed by atoms with Gasteiger partial charge in [0.2, 0.25) is 0 Å². The quantitative estimate of drug-likeness (QED) is 0.464. The lowest BCUT2D eigenvalue weighted by Gasteiger charge is -2.09. The molecule has 0 heterocycles. The van der Waals surface area contributed by atoms with E-state index in [9.17, 15) is 0 Å². The van der Waals surface area contributed by atoms with Crippen LogP contribution in [0.1, 0.15) is 23.6 Å². The van der Waals surface area contributed by atoms with Crippen molar-refractivity contribution in [2.45, 2.75) is 26.8 Å². The Morgan fingerprint density at radius 1 is 1.14 bits per heavy atom. The summed E-state index contributed by atoms with van der Waals surface area (Å²) in [6.07, 6.45) is 2.34. The van der Waals surface area contributed by atoms with Crippen molar-refractivity contribution in [3.05, 3.63) is 77.1 Å². The third kappa shape index (κ3) is 4.65. The largest absolute Gasteiger partial charge is 0.381 e. The van der Waals surface area contributed by atoms with E-state index in [1.54, 1.807) is 6.08 Å². The predicted molar refractivity (Wildman–Crippen MR) is 86.1 cm³/mol. The topological polar surface area (TPSA) is 41.5 Å². The zero-order valence-electron chi connectivity index (χ0n) is 12.5. The molecule has 0 amide bonds. The highest BCUT2D eigenvalue weighted by atomic mass is 17.1. The molecular formula is C18H21NO2. The van der Waals surface area contributed by atoms with Gasteiger partial charge in [-0.2, -0.15) is 0 Å². The highest BCUT2D eigenvalue weighted by Gasteiger charge is 2.00. The zero-order valence-corrected chi connectivity index (χ0v) is 12.5. The predicted octanol–water partition coefficient (Wildman–Crippen LogP) is 4.54. The molecule has 0 aliphatic carbocycles. The van der Waals surface area contributed by atoms with E-state index in [1.165, 1.54) is 11.1 Å². The fourth-order valence-electron chi connectivity index (χ4n) is 2.15. The van der Waals surface area contributed by atoms with Crippen LogP contribution in [-0.2, 0) is 17.9 Å². The van der Waals surface area contributed by atoms with Gasteiger partial charge in [-0.1, -0.05) is 42.0 Å². The first kappa shape index (κ1) is 15.1. The molecule has 0 aromatic heterocycles. The van der Waals surface area contributed by atoms with Crippen LogP contribution in [0.2, 0.25) is 0 Å². The van der Waals surface area contributed by atoms with E-state index in [2.05, 4.69) is 41.4 Å². The van der Waals surface area contributed by atoms with Gasteiger partial charge in [0.25, 0.3) is 0 Å². The molecule has 21 heavy (non-hydrogen) atoms. The van der Waals surface area contributed by atoms with Crippen molar-refractivity contribution in [3.63, 3.8) is 0 Å². The summed E-state index contributed by atoms with van der Waals surface area (Å²) in [6.45, 7) is 4.74. The first-order valence-corrected chi connectivity index (χ1v) is 7.06. The van der Waals surface area contributed by atoms with Crippen molar-refractivity contribution in [2.75, 3.05) is 5.32 Å². The number of nitrogens with one attached hydrogen (secondary N) is 1. The van der Waals surface area contributed by atoms with Crippen LogP contribution in [0, 0.1) is 6.92 Å². The van der Waals surface area contributed by atoms with Crippen molar-refractivity contribution in [3.8, 4) is 0 Å². The first-order chi connectivity index (χ1) is 10.2. The van der Waals surface area contributed by atoms with Gasteiger partial charge in [0.15, 0.2) is 0 Å². The van der Waals surface area contributed by atoms with Crippen LogP contribution < -0.4 is 5.32 Å². The molecule has 0 aliphatic rings. The second-order valence-electron chi connectivity index (χ2n) is 5.06. The molecule has 0 radical (unpaired) electrons. The molecule has 2 aromatic rings. The van der Waals surface area contributed by atoms with Crippen LogP contribution in [0.3, 0.4) is 0 Å². The Morgan fingerprint density at radius 2 is 1.90 bits per heavy atom. The zero-order chi connectivity index (χ0) is 15.1. The number of hydrogen-bond donors (Lipinski definition) is 2. The Hall–Kier alpha value is -2.26. The molecule has 0 unspecified atom stereocenters. The van der Waals surface area contributed by atoms with Gasteiger partial charge >= 0.3 is 0 Å². The number of benzene rings is 2. The van der Waals surface area contributed by atoms with E-state index in [-0.39, 0.29) is 0 Å². The normalized spacial score (nSPS) is 11.3. The van der Waals surface area contributed by atoms with E-state index in [0.29, 0.717) is 12.2 Å². The Bertz CT molecular complexity index is 603. The lowest BCUT2D eigenvalue weighted by molar-refractivity contribution is -0.204. The minimum absolute atomic E-state index is 0.551. The molecule has 0 bridgehead atoms. The average molecular weight is 283 g/mol. The third-order valence-corrected chi connectivity index (χ3v) is 3.35. The molecule has 2 N–H and O–H groups in total. The summed E-state index contributed by atoms with van der Waals surface area (Å²) in [4.78, 5) is 4.30. The van der Waals surface area contributed by atoms with E-state index < -0.39 is 0 Å². The van der Waals surface area contributed by atoms with Gasteiger partial charge in [-0.15, -0.1) is 0 Å². The van der Waals surface area contributed by atoms with Crippen LogP contribution in [-0.4, -0.2) is 5.26 Å². The number of rotatable bonds is 6. The standard InChI is InChI=1S/C18H21NO2/c1-3-18(21-20)12-15-7-9-17(10-8-15)19-13-16-6-4-5-14(2)11-16/h3-11,19-20H,12-13H2,1-2H3/b18-3-. The summed E-state index contributed by atoms with van der Waals surface area (Å²) in [5.41, 5.74) is 4.71. The Morgan fingerprint density at radius 3 is 2.52 bits per heavy atom. The third-order valence-electron chi connectivity index (χ3n) is 3.35. The van der Waals surface area contributed by atoms with Gasteiger partial charge in [-0.3, -0.25) is 0 Å². The molecule has 0 spiro atoms. The number of aryl methyl sites for hydroxylation is 1. The fraction of sp³-hybridized carbons (Fsp3) is 0.222. The summed E-state index contributed by atoms with van der Waals surface area (Å²) in [6, 6.07) is 16.6. The van der Waals surface area contributed by atoms with Gasteiger partial charge in [0.05, 0.1) is 0 Å². The van der Waals surface area contributed by atoms with Crippen molar-refractivity contribution in [1.82, 2.24) is 0 Å². The lowest BCUT2D eigenvalue weighted by atomic mass is 10.1. The van der Waals surface area contributed by atoms with Crippen LogP contribution in [0.4, 0.5) is 5.69 Å². The average Bonchev–Trinajstić information content (AvgIpc) is 2.52. The summed E-state index contributed by atoms with van der Waals surface area (Å²) < 4.78 is 0. The second kappa shape index (κ2) is 7.50. The molecule has 0 saturated carbocycles. The molecule has 110 valence electrons. The van der Waals surface area contributed by atoms with Crippen molar-refractivity contribution >= 4 is 5.69 Å². The number of hydrogen-bond acceptors (Lipinski definition) is 3. The Balaban J connectivity index is 1.93. The van der Waals surface area contributed by atoms with Gasteiger partial charge in [-0.05, 0) is 43.2 Å². The van der Waals surface area contributed by atoms with Crippen LogP contribution in [0.25, 0.3) is 0 Å². The Labute approximate surface area is 125 Å². The van der Waals surface area contributed by atoms with E-state index in [1.807, 2.05) is 31.2 Å². The van der Waals surface area contributed by atoms with Gasteiger partial charge in [0, 0.05) is 18.7 Å².